The minimum Gasteiger partial charge on any atom is -0.243 e. The summed E-state index contributed by atoms with van der Waals surface area (Å²) in [6.45, 7) is 0. The van der Waals surface area contributed by atoms with Crippen molar-refractivity contribution < 1.29 is 16.8 Å². The first kappa shape index (κ1) is 29.7. The summed E-state index contributed by atoms with van der Waals surface area (Å²) < 4.78 is 54.3. The normalized spacial score (nSPS) is 15.5. The zero-order valence-electron chi connectivity index (χ0n) is 23.7. The van der Waals surface area contributed by atoms with Gasteiger partial charge in [0.15, 0.2) is 10.1 Å². The third-order valence-corrected chi connectivity index (χ3v) is 16.2. The molecule has 0 saturated carbocycles. The molecule has 0 saturated heterocycles. The van der Waals surface area contributed by atoms with Gasteiger partial charge in [-0.25, -0.2) is 26.8 Å². The van der Waals surface area contributed by atoms with Gasteiger partial charge in [0.25, 0.3) is 0 Å². The molecule has 0 N–H and O–H groups in total. The lowest BCUT2D eigenvalue weighted by atomic mass is 10.2. The molecule has 1 atom stereocenters. The number of rotatable bonds is 7. The molecule has 0 amide bonds. The first-order valence-electron chi connectivity index (χ1n) is 14.1. The molecule has 6 nitrogen and oxygen atoms in total. The van der Waals surface area contributed by atoms with Crippen molar-refractivity contribution in [2.24, 2.45) is 0 Å². The highest BCUT2D eigenvalue weighted by Crippen LogP contribution is 2.52. The van der Waals surface area contributed by atoms with Crippen molar-refractivity contribution in [3.63, 3.8) is 0 Å². The minimum atomic E-state index is -3.69. The zero-order chi connectivity index (χ0) is 31.5. The number of sulfone groups is 2. The minimum absolute atomic E-state index is 0.0504. The fourth-order valence-electron chi connectivity index (χ4n) is 5.28. The van der Waals surface area contributed by atoms with E-state index >= 15 is 0 Å². The summed E-state index contributed by atoms with van der Waals surface area (Å²) in [5.74, 6) is 0. The first-order chi connectivity index (χ1) is 22.3. The van der Waals surface area contributed by atoms with Crippen molar-refractivity contribution in [1.29, 1.82) is 0 Å². The number of allylic oxidation sites excluding steroid dienone is 1. The van der Waals surface area contributed by atoms with Crippen LogP contribution >= 0.6 is 45.8 Å². The predicted molar refractivity (Wildman–Crippen MR) is 189 cm³/mol. The SMILES string of the molecule is O=S(=O)(c1ccccc1)c1cc2cc(C3=CCC(c4ccc(-c5cc6cc(S(=O)(=O)c7ccccc7)ncc6s5)s4)S3)sc2cn1. The van der Waals surface area contributed by atoms with Crippen LogP contribution in [0.15, 0.2) is 135 Å². The van der Waals surface area contributed by atoms with Crippen molar-refractivity contribution >= 4 is 90.5 Å². The Bertz CT molecular complexity index is 2520. The van der Waals surface area contributed by atoms with E-state index in [1.54, 1.807) is 119 Å². The molecule has 0 bridgehead atoms. The van der Waals surface area contributed by atoms with Crippen LogP contribution in [-0.4, -0.2) is 26.8 Å². The van der Waals surface area contributed by atoms with E-state index in [1.807, 2.05) is 17.8 Å². The molecule has 0 aliphatic carbocycles. The van der Waals surface area contributed by atoms with E-state index < -0.39 is 19.7 Å². The molecule has 0 spiro atoms. The van der Waals surface area contributed by atoms with Crippen molar-refractivity contribution in [2.75, 3.05) is 0 Å². The molecule has 8 rings (SSSR count). The second-order valence-corrected chi connectivity index (χ2v) is 18.9. The fraction of sp³-hybridized carbons (Fsp3) is 0.0588. The molecule has 2 aromatic carbocycles. The molecule has 228 valence electrons. The second kappa shape index (κ2) is 11.5. The maximum absolute atomic E-state index is 13.1. The van der Waals surface area contributed by atoms with Gasteiger partial charge >= 0.3 is 0 Å². The molecular formula is C34H22N2O4S6. The van der Waals surface area contributed by atoms with Gasteiger partial charge in [-0.05, 0) is 77.9 Å². The Labute approximate surface area is 282 Å². The number of benzene rings is 2. The van der Waals surface area contributed by atoms with Crippen molar-refractivity contribution in [3.05, 3.63) is 125 Å². The number of hydrogen-bond acceptors (Lipinski definition) is 10. The van der Waals surface area contributed by atoms with Gasteiger partial charge in [-0.15, -0.1) is 45.8 Å². The van der Waals surface area contributed by atoms with Crippen molar-refractivity contribution in [2.45, 2.75) is 31.5 Å². The van der Waals surface area contributed by atoms with Crippen LogP contribution < -0.4 is 0 Å². The van der Waals surface area contributed by atoms with Gasteiger partial charge in [0.05, 0.1) is 19.2 Å². The maximum Gasteiger partial charge on any atom is 0.223 e. The summed E-state index contributed by atoms with van der Waals surface area (Å²) in [5.41, 5.74) is 0. The topological polar surface area (TPSA) is 94.1 Å². The average Bonchev–Trinajstić information content (AvgIpc) is 3.90. The van der Waals surface area contributed by atoms with Crippen LogP contribution in [0.4, 0.5) is 0 Å². The highest BCUT2D eigenvalue weighted by Gasteiger charge is 2.26. The number of thiophene rings is 3. The molecule has 46 heavy (non-hydrogen) atoms. The third-order valence-electron chi connectivity index (χ3n) is 7.63. The number of aromatic nitrogens is 2. The van der Waals surface area contributed by atoms with Crippen LogP contribution in [0.3, 0.4) is 0 Å². The standard InChI is InChI=1S/C34H22N2O4S6/c37-45(38,23-7-3-1-4-8-23)33-17-21-15-29(43-31(21)19-35-33)27-13-11-25(41-27)26-12-14-28(42-26)30-16-22-18-34(36-20-32(22)44-30)46(39,40)24-9-5-2-6-10-24/h1-11,13-20,26H,12H2. The Morgan fingerprint density at radius 1 is 0.587 bits per heavy atom. The molecule has 1 unspecified atom stereocenters. The first-order valence-corrected chi connectivity index (χ1v) is 20.4. The lowest BCUT2D eigenvalue weighted by molar-refractivity contribution is 0.591. The Kier molecular flexibility index (Phi) is 7.46. The largest absolute Gasteiger partial charge is 0.243 e. The molecule has 12 heteroatoms. The molecule has 1 aliphatic heterocycles. The van der Waals surface area contributed by atoms with Gasteiger partial charge in [0, 0.05) is 42.1 Å². The molecule has 6 heterocycles. The molecular weight excluding hydrogens is 693 g/mol. The number of thioether (sulfide) groups is 1. The van der Waals surface area contributed by atoms with Crippen LogP contribution in [0.5, 0.6) is 0 Å². The van der Waals surface area contributed by atoms with E-state index in [9.17, 15) is 16.8 Å². The van der Waals surface area contributed by atoms with E-state index in [4.69, 9.17) is 0 Å². The Morgan fingerprint density at radius 3 is 1.72 bits per heavy atom. The lowest BCUT2D eigenvalue weighted by Gasteiger charge is -2.06. The Morgan fingerprint density at radius 2 is 1.13 bits per heavy atom. The van der Waals surface area contributed by atoms with E-state index in [2.05, 4.69) is 34.2 Å². The number of hydrogen-bond donors (Lipinski definition) is 0. The van der Waals surface area contributed by atoms with Crippen LogP contribution in [-0.2, 0) is 19.7 Å². The summed E-state index contributed by atoms with van der Waals surface area (Å²) in [6.07, 6.45) is 6.46. The highest BCUT2D eigenvalue weighted by atomic mass is 32.2. The summed E-state index contributed by atoms with van der Waals surface area (Å²) in [4.78, 5) is 14.8. The van der Waals surface area contributed by atoms with Gasteiger partial charge in [0.1, 0.15) is 0 Å². The number of pyridine rings is 2. The fourth-order valence-corrected chi connectivity index (χ4v) is 12.4. The van der Waals surface area contributed by atoms with E-state index in [-0.39, 0.29) is 25.1 Å². The van der Waals surface area contributed by atoms with E-state index in [1.165, 1.54) is 9.78 Å². The Balaban J connectivity index is 1.00. The molecule has 0 fully saturated rings. The van der Waals surface area contributed by atoms with Crippen LogP contribution in [0.25, 0.3) is 34.8 Å². The zero-order valence-corrected chi connectivity index (χ0v) is 28.6. The third kappa shape index (κ3) is 5.32. The number of nitrogens with zero attached hydrogens (tertiary/aromatic N) is 2. The molecule has 1 aliphatic rings. The molecule has 7 aromatic rings. The summed E-state index contributed by atoms with van der Waals surface area (Å²) in [5, 5.41) is 2.11. The summed E-state index contributed by atoms with van der Waals surface area (Å²) in [6, 6.07) is 28.5. The maximum atomic E-state index is 13.1. The average molecular weight is 715 g/mol. The van der Waals surface area contributed by atoms with Gasteiger partial charge < -0.3 is 0 Å². The monoisotopic (exact) mass is 714 g/mol. The Hall–Kier alpha value is -3.65. The van der Waals surface area contributed by atoms with E-state index in [0.717, 1.165) is 41.2 Å². The van der Waals surface area contributed by atoms with Gasteiger partial charge in [-0.3, -0.25) is 0 Å². The summed E-state index contributed by atoms with van der Waals surface area (Å²) >= 11 is 6.81. The van der Waals surface area contributed by atoms with E-state index in [0.29, 0.717) is 0 Å². The quantitative estimate of drug-likeness (QED) is 0.162. The summed E-state index contributed by atoms with van der Waals surface area (Å²) in [7, 11) is -7.38. The predicted octanol–water partition coefficient (Wildman–Crippen LogP) is 9.52. The molecule has 5 aromatic heterocycles. The van der Waals surface area contributed by atoms with Crippen molar-refractivity contribution in [3.8, 4) is 9.75 Å². The van der Waals surface area contributed by atoms with Crippen molar-refractivity contribution in [1.82, 2.24) is 9.97 Å². The smallest absolute Gasteiger partial charge is 0.223 e. The van der Waals surface area contributed by atoms with Crippen LogP contribution in [0.2, 0.25) is 0 Å². The van der Waals surface area contributed by atoms with Crippen LogP contribution in [0, 0.1) is 0 Å². The lowest BCUT2D eigenvalue weighted by Crippen LogP contribution is -2.03. The number of fused-ring (bicyclic) bond motifs is 2. The van der Waals surface area contributed by atoms with Gasteiger partial charge in [-0.2, -0.15) is 0 Å². The highest BCUT2D eigenvalue weighted by molar-refractivity contribution is 8.09. The second-order valence-electron chi connectivity index (χ2n) is 10.6. The van der Waals surface area contributed by atoms with Gasteiger partial charge in [0.2, 0.25) is 19.7 Å². The van der Waals surface area contributed by atoms with Crippen LogP contribution in [0.1, 0.15) is 21.4 Å². The van der Waals surface area contributed by atoms with Gasteiger partial charge in [-0.1, -0.05) is 42.5 Å². The molecule has 0 radical (unpaired) electrons.